The molecule has 5 heteroatoms. The second-order valence-corrected chi connectivity index (χ2v) is 10.3. The van der Waals surface area contributed by atoms with Crippen LogP contribution in [0.25, 0.3) is 0 Å². The summed E-state index contributed by atoms with van der Waals surface area (Å²) >= 11 is 0. The van der Waals surface area contributed by atoms with E-state index in [0.29, 0.717) is 5.92 Å². The molecule has 0 aromatic heterocycles. The molecular formula is C28H38N2O3. The van der Waals surface area contributed by atoms with Crippen molar-refractivity contribution in [3.63, 3.8) is 0 Å². The van der Waals surface area contributed by atoms with Gasteiger partial charge in [-0.1, -0.05) is 48.5 Å². The molecule has 1 saturated heterocycles. The monoisotopic (exact) mass is 450 g/mol. The van der Waals surface area contributed by atoms with Gasteiger partial charge in [0.2, 0.25) is 0 Å². The number of hydrogen-bond donors (Lipinski definition) is 0. The van der Waals surface area contributed by atoms with Gasteiger partial charge in [0.1, 0.15) is 11.4 Å². The van der Waals surface area contributed by atoms with E-state index >= 15 is 0 Å². The number of hydrogen-bond acceptors (Lipinski definition) is 4. The molecule has 0 bridgehead atoms. The fourth-order valence-corrected chi connectivity index (χ4v) is 4.83. The Morgan fingerprint density at radius 3 is 2.27 bits per heavy atom. The van der Waals surface area contributed by atoms with E-state index in [4.69, 9.17) is 9.47 Å². The van der Waals surface area contributed by atoms with E-state index in [1.54, 1.807) is 0 Å². The minimum atomic E-state index is -0.480. The molecule has 1 amide bonds. The molecule has 2 aromatic carbocycles. The summed E-state index contributed by atoms with van der Waals surface area (Å²) in [5.41, 5.74) is 0.846. The highest BCUT2D eigenvalue weighted by Gasteiger charge is 2.48. The van der Waals surface area contributed by atoms with Gasteiger partial charge in [-0.15, -0.1) is 0 Å². The SMILES string of the molecule is CC(C)(C)OC(=O)N(C1CCN(CCCOc2ccccc2)CC1)[C@@H]1C[C@H]1c1ccccc1. The van der Waals surface area contributed by atoms with Crippen molar-refractivity contribution in [2.24, 2.45) is 0 Å². The Kier molecular flexibility index (Phi) is 7.59. The summed E-state index contributed by atoms with van der Waals surface area (Å²) in [6.45, 7) is 9.63. The fraction of sp³-hybridized carbons (Fsp3) is 0.536. The summed E-state index contributed by atoms with van der Waals surface area (Å²) in [5, 5.41) is 0. The number of nitrogens with zero attached hydrogens (tertiary/aromatic N) is 2. The van der Waals surface area contributed by atoms with Crippen LogP contribution in [0.2, 0.25) is 0 Å². The zero-order valence-electron chi connectivity index (χ0n) is 20.3. The third kappa shape index (κ3) is 6.73. The van der Waals surface area contributed by atoms with Crippen molar-refractivity contribution < 1.29 is 14.3 Å². The van der Waals surface area contributed by atoms with E-state index in [2.05, 4.69) is 34.1 Å². The molecule has 1 saturated carbocycles. The molecule has 2 aromatic rings. The second-order valence-electron chi connectivity index (χ2n) is 10.3. The van der Waals surface area contributed by atoms with Crippen LogP contribution in [-0.2, 0) is 4.74 Å². The number of amides is 1. The van der Waals surface area contributed by atoms with E-state index < -0.39 is 5.60 Å². The molecule has 2 aliphatic rings. The number of para-hydroxylation sites is 1. The molecule has 0 N–H and O–H groups in total. The maximum Gasteiger partial charge on any atom is 0.410 e. The molecule has 1 aliphatic heterocycles. The Balaban J connectivity index is 1.29. The molecule has 178 valence electrons. The number of piperidine rings is 1. The summed E-state index contributed by atoms with van der Waals surface area (Å²) < 4.78 is 11.7. The zero-order valence-corrected chi connectivity index (χ0v) is 20.3. The highest BCUT2D eigenvalue weighted by atomic mass is 16.6. The van der Waals surface area contributed by atoms with Crippen LogP contribution in [0, 0.1) is 0 Å². The van der Waals surface area contributed by atoms with Crippen LogP contribution in [0.4, 0.5) is 4.79 Å². The molecule has 1 aliphatic carbocycles. The van der Waals surface area contributed by atoms with Gasteiger partial charge in [0.05, 0.1) is 6.61 Å². The number of rotatable bonds is 8. The highest BCUT2D eigenvalue weighted by molar-refractivity contribution is 5.70. The number of carbonyl (C=O) groups excluding carboxylic acids is 1. The van der Waals surface area contributed by atoms with Gasteiger partial charge in [-0.2, -0.15) is 0 Å². The average molecular weight is 451 g/mol. The Morgan fingerprint density at radius 2 is 1.64 bits per heavy atom. The van der Waals surface area contributed by atoms with E-state index in [9.17, 15) is 4.79 Å². The summed E-state index contributed by atoms with van der Waals surface area (Å²) in [4.78, 5) is 17.8. The van der Waals surface area contributed by atoms with Crippen molar-refractivity contribution in [3.05, 3.63) is 66.2 Å². The molecule has 33 heavy (non-hydrogen) atoms. The van der Waals surface area contributed by atoms with Gasteiger partial charge in [-0.25, -0.2) is 4.79 Å². The van der Waals surface area contributed by atoms with Crippen molar-refractivity contribution in [2.45, 2.75) is 70.1 Å². The average Bonchev–Trinajstić information content (AvgIpc) is 3.58. The van der Waals surface area contributed by atoms with E-state index in [1.165, 1.54) is 5.56 Å². The van der Waals surface area contributed by atoms with Crippen molar-refractivity contribution in [1.82, 2.24) is 9.80 Å². The molecule has 1 heterocycles. The lowest BCUT2D eigenvalue weighted by Crippen LogP contribution is -2.50. The molecule has 0 spiro atoms. The Labute approximate surface area is 198 Å². The number of carbonyl (C=O) groups is 1. The van der Waals surface area contributed by atoms with Crippen LogP contribution >= 0.6 is 0 Å². The molecule has 0 radical (unpaired) electrons. The van der Waals surface area contributed by atoms with Crippen molar-refractivity contribution >= 4 is 6.09 Å². The Morgan fingerprint density at radius 1 is 1.00 bits per heavy atom. The van der Waals surface area contributed by atoms with Crippen LogP contribution in [0.1, 0.15) is 57.9 Å². The van der Waals surface area contributed by atoms with Gasteiger partial charge in [0.15, 0.2) is 0 Å². The molecule has 2 atom stereocenters. The standard InChI is InChI=1S/C28H38N2O3/c1-28(2,3)33-27(31)30(26-21-25(26)22-11-6-4-7-12-22)23-15-18-29(19-16-23)17-10-20-32-24-13-8-5-9-14-24/h4-9,11-14,23,25-26H,10,15-21H2,1-3H3/t25-,26+/m0/s1. The van der Waals surface area contributed by atoms with Gasteiger partial charge < -0.3 is 19.3 Å². The normalized spacial score (nSPS) is 21.4. The number of ether oxygens (including phenoxy) is 2. The Hall–Kier alpha value is -2.53. The van der Waals surface area contributed by atoms with Crippen LogP contribution in [-0.4, -0.2) is 59.8 Å². The number of benzene rings is 2. The van der Waals surface area contributed by atoms with Crippen molar-refractivity contribution in [2.75, 3.05) is 26.2 Å². The third-order valence-electron chi connectivity index (χ3n) is 6.53. The Bertz CT molecular complexity index is 873. The first-order valence-electron chi connectivity index (χ1n) is 12.4. The summed E-state index contributed by atoms with van der Waals surface area (Å²) in [6.07, 6.45) is 3.88. The van der Waals surface area contributed by atoms with E-state index in [1.807, 2.05) is 57.2 Å². The minimum absolute atomic E-state index is 0.152. The maximum atomic E-state index is 13.2. The van der Waals surface area contributed by atoms with E-state index in [-0.39, 0.29) is 18.2 Å². The van der Waals surface area contributed by atoms with Gasteiger partial charge in [-0.05, 0) is 64.2 Å². The minimum Gasteiger partial charge on any atom is -0.494 e. The van der Waals surface area contributed by atoms with Gasteiger partial charge >= 0.3 is 6.09 Å². The fourth-order valence-electron chi connectivity index (χ4n) is 4.83. The zero-order chi connectivity index (χ0) is 23.3. The predicted octanol–water partition coefficient (Wildman–Crippen LogP) is 5.71. The first kappa shape index (κ1) is 23.6. The first-order valence-corrected chi connectivity index (χ1v) is 12.4. The lowest BCUT2D eigenvalue weighted by atomic mass is 10.0. The van der Waals surface area contributed by atoms with Gasteiger partial charge in [0, 0.05) is 37.6 Å². The lowest BCUT2D eigenvalue weighted by Gasteiger charge is -2.39. The molecule has 5 nitrogen and oxygen atoms in total. The maximum absolute atomic E-state index is 13.2. The topological polar surface area (TPSA) is 42.0 Å². The predicted molar refractivity (Wildman–Crippen MR) is 132 cm³/mol. The van der Waals surface area contributed by atoms with Crippen LogP contribution in [0.15, 0.2) is 60.7 Å². The first-order chi connectivity index (χ1) is 15.9. The largest absolute Gasteiger partial charge is 0.494 e. The molecular weight excluding hydrogens is 412 g/mol. The quantitative estimate of drug-likeness (QED) is 0.483. The molecule has 4 rings (SSSR count). The van der Waals surface area contributed by atoms with Crippen LogP contribution < -0.4 is 4.74 Å². The van der Waals surface area contributed by atoms with Gasteiger partial charge in [0.25, 0.3) is 0 Å². The molecule has 0 unspecified atom stereocenters. The second kappa shape index (κ2) is 10.6. The highest BCUT2D eigenvalue weighted by Crippen LogP contribution is 2.46. The number of likely N-dealkylation sites (tertiary alicyclic amines) is 1. The summed E-state index contributed by atoms with van der Waals surface area (Å²) in [7, 11) is 0. The van der Waals surface area contributed by atoms with Crippen molar-refractivity contribution in [3.8, 4) is 5.75 Å². The summed E-state index contributed by atoms with van der Waals surface area (Å²) in [6, 6.07) is 21.1. The summed E-state index contributed by atoms with van der Waals surface area (Å²) in [5.74, 6) is 1.36. The van der Waals surface area contributed by atoms with Crippen LogP contribution in [0.3, 0.4) is 0 Å². The van der Waals surface area contributed by atoms with E-state index in [0.717, 1.165) is 57.7 Å². The smallest absolute Gasteiger partial charge is 0.410 e. The third-order valence-corrected chi connectivity index (χ3v) is 6.53. The van der Waals surface area contributed by atoms with Crippen molar-refractivity contribution in [1.29, 1.82) is 0 Å². The lowest BCUT2D eigenvalue weighted by molar-refractivity contribution is 0.00514. The van der Waals surface area contributed by atoms with Gasteiger partial charge in [-0.3, -0.25) is 0 Å². The molecule has 2 fully saturated rings. The van der Waals surface area contributed by atoms with Crippen LogP contribution in [0.5, 0.6) is 5.75 Å².